The molecular formula is C17H15N3O2. The molecule has 22 heavy (non-hydrogen) atoms. The molecule has 0 saturated carbocycles. The highest BCUT2D eigenvalue weighted by Gasteiger charge is 2.13. The first kappa shape index (κ1) is 14.0. The molecule has 0 aliphatic carbocycles. The summed E-state index contributed by atoms with van der Waals surface area (Å²) in [7, 11) is 0. The largest absolute Gasteiger partial charge is 0.457 e. The Morgan fingerprint density at radius 1 is 1.00 bits per heavy atom. The molecule has 0 atom stereocenters. The van der Waals surface area contributed by atoms with E-state index in [4.69, 9.17) is 4.74 Å². The summed E-state index contributed by atoms with van der Waals surface area (Å²) in [5.74, 6) is 1.43. The Hall–Kier alpha value is -2.95. The second-order valence-corrected chi connectivity index (χ2v) is 4.90. The van der Waals surface area contributed by atoms with Gasteiger partial charge in [-0.1, -0.05) is 23.4 Å². The number of ether oxygens (including phenoxy) is 1. The van der Waals surface area contributed by atoms with Crippen LogP contribution in [-0.2, 0) is 0 Å². The standard InChI is InChI=1S/C17H15N3O2/c1-12-17(13(2)21)18-19-20(12)14-8-10-16(11-9-14)22-15-6-4-3-5-7-15/h3-11H,1-2H3. The molecule has 0 saturated heterocycles. The number of rotatable bonds is 4. The first-order chi connectivity index (χ1) is 10.6. The second kappa shape index (κ2) is 5.81. The summed E-state index contributed by atoms with van der Waals surface area (Å²) < 4.78 is 7.39. The Kier molecular flexibility index (Phi) is 3.70. The molecule has 0 N–H and O–H groups in total. The number of hydrogen-bond acceptors (Lipinski definition) is 4. The fourth-order valence-electron chi connectivity index (χ4n) is 2.18. The average Bonchev–Trinajstić information content (AvgIpc) is 2.91. The van der Waals surface area contributed by atoms with Gasteiger partial charge in [-0.15, -0.1) is 5.10 Å². The molecule has 0 bridgehead atoms. The first-order valence-electron chi connectivity index (χ1n) is 6.92. The Morgan fingerprint density at radius 3 is 2.23 bits per heavy atom. The van der Waals surface area contributed by atoms with Crippen LogP contribution in [0.25, 0.3) is 5.69 Å². The number of hydrogen-bond donors (Lipinski definition) is 0. The average molecular weight is 293 g/mol. The highest BCUT2D eigenvalue weighted by Crippen LogP contribution is 2.22. The zero-order valence-electron chi connectivity index (χ0n) is 12.4. The molecule has 0 aliphatic heterocycles. The lowest BCUT2D eigenvalue weighted by Gasteiger charge is -2.07. The molecule has 1 heterocycles. The van der Waals surface area contributed by atoms with Crippen molar-refractivity contribution in [1.82, 2.24) is 15.0 Å². The van der Waals surface area contributed by atoms with Crippen LogP contribution < -0.4 is 4.74 Å². The molecule has 3 aromatic rings. The quantitative estimate of drug-likeness (QED) is 0.690. The molecule has 1 aromatic heterocycles. The second-order valence-electron chi connectivity index (χ2n) is 4.90. The normalized spacial score (nSPS) is 10.5. The van der Waals surface area contributed by atoms with Gasteiger partial charge in [-0.05, 0) is 43.3 Å². The molecule has 0 unspecified atom stereocenters. The number of nitrogens with zero attached hydrogens (tertiary/aromatic N) is 3. The van der Waals surface area contributed by atoms with Crippen LogP contribution in [-0.4, -0.2) is 20.8 Å². The maximum Gasteiger partial charge on any atom is 0.181 e. The highest BCUT2D eigenvalue weighted by atomic mass is 16.5. The van der Waals surface area contributed by atoms with E-state index in [1.807, 2.05) is 61.5 Å². The number of para-hydroxylation sites is 1. The van der Waals surface area contributed by atoms with Gasteiger partial charge >= 0.3 is 0 Å². The Bertz CT molecular complexity index is 793. The van der Waals surface area contributed by atoms with Crippen LogP contribution in [0.1, 0.15) is 23.1 Å². The van der Waals surface area contributed by atoms with Crippen LogP contribution in [0.5, 0.6) is 11.5 Å². The molecule has 110 valence electrons. The summed E-state index contributed by atoms with van der Waals surface area (Å²) in [4.78, 5) is 11.4. The topological polar surface area (TPSA) is 57.0 Å². The Labute approximate surface area is 128 Å². The predicted molar refractivity (Wildman–Crippen MR) is 82.6 cm³/mol. The zero-order chi connectivity index (χ0) is 15.5. The van der Waals surface area contributed by atoms with Crippen LogP contribution in [0.2, 0.25) is 0 Å². The van der Waals surface area contributed by atoms with Crippen molar-refractivity contribution >= 4 is 5.78 Å². The van der Waals surface area contributed by atoms with Crippen molar-refractivity contribution in [1.29, 1.82) is 0 Å². The van der Waals surface area contributed by atoms with Crippen molar-refractivity contribution in [2.75, 3.05) is 0 Å². The third-order valence-corrected chi connectivity index (χ3v) is 3.29. The minimum Gasteiger partial charge on any atom is -0.457 e. The van der Waals surface area contributed by atoms with E-state index in [9.17, 15) is 4.79 Å². The van der Waals surface area contributed by atoms with E-state index in [1.54, 1.807) is 4.68 Å². The molecule has 0 aliphatic rings. The number of carbonyl (C=O) groups excluding carboxylic acids is 1. The summed E-state index contributed by atoms with van der Waals surface area (Å²) in [6.45, 7) is 3.31. The highest BCUT2D eigenvalue weighted by molar-refractivity contribution is 5.93. The van der Waals surface area contributed by atoms with Crippen molar-refractivity contribution in [3.05, 3.63) is 66.0 Å². The Balaban J connectivity index is 1.84. The van der Waals surface area contributed by atoms with E-state index in [2.05, 4.69) is 10.3 Å². The fraction of sp³-hybridized carbons (Fsp3) is 0.118. The Morgan fingerprint density at radius 2 is 1.64 bits per heavy atom. The van der Waals surface area contributed by atoms with Gasteiger partial charge in [0, 0.05) is 6.92 Å². The molecule has 0 amide bonds. The van der Waals surface area contributed by atoms with Gasteiger partial charge in [0.2, 0.25) is 0 Å². The van der Waals surface area contributed by atoms with Crippen LogP contribution in [0.4, 0.5) is 0 Å². The van der Waals surface area contributed by atoms with E-state index in [0.717, 1.165) is 22.9 Å². The first-order valence-corrected chi connectivity index (χ1v) is 6.92. The number of Topliss-reactive ketones (excluding diaryl/α,β-unsaturated/α-hetero) is 1. The molecule has 2 aromatic carbocycles. The molecule has 0 fully saturated rings. The summed E-state index contributed by atoms with van der Waals surface area (Å²) >= 11 is 0. The van der Waals surface area contributed by atoms with Crippen LogP contribution in [0.15, 0.2) is 54.6 Å². The van der Waals surface area contributed by atoms with E-state index >= 15 is 0 Å². The lowest BCUT2D eigenvalue weighted by molar-refractivity contribution is 0.101. The summed E-state index contributed by atoms with van der Waals surface area (Å²) in [5.41, 5.74) is 1.95. The lowest BCUT2D eigenvalue weighted by Crippen LogP contribution is -2.01. The van der Waals surface area contributed by atoms with Crippen molar-refractivity contribution in [2.24, 2.45) is 0 Å². The monoisotopic (exact) mass is 293 g/mol. The van der Waals surface area contributed by atoms with Crippen molar-refractivity contribution in [2.45, 2.75) is 13.8 Å². The number of benzene rings is 2. The van der Waals surface area contributed by atoms with Gasteiger partial charge in [0.25, 0.3) is 0 Å². The van der Waals surface area contributed by atoms with Gasteiger partial charge in [0.05, 0.1) is 11.4 Å². The molecular weight excluding hydrogens is 278 g/mol. The van der Waals surface area contributed by atoms with E-state index in [-0.39, 0.29) is 5.78 Å². The summed E-state index contributed by atoms with van der Waals surface area (Å²) in [5, 5.41) is 7.94. The van der Waals surface area contributed by atoms with Gasteiger partial charge < -0.3 is 4.74 Å². The van der Waals surface area contributed by atoms with E-state index in [1.165, 1.54) is 6.92 Å². The van der Waals surface area contributed by atoms with Crippen LogP contribution in [0, 0.1) is 6.92 Å². The van der Waals surface area contributed by atoms with Gasteiger partial charge in [0.15, 0.2) is 11.5 Å². The lowest BCUT2D eigenvalue weighted by atomic mass is 10.2. The number of carbonyl (C=O) groups is 1. The molecule has 3 rings (SSSR count). The van der Waals surface area contributed by atoms with E-state index in [0.29, 0.717) is 5.69 Å². The SMILES string of the molecule is CC(=O)c1nnn(-c2ccc(Oc3ccccc3)cc2)c1C. The zero-order valence-corrected chi connectivity index (χ0v) is 12.4. The molecule has 0 radical (unpaired) electrons. The van der Waals surface area contributed by atoms with Gasteiger partial charge in [-0.2, -0.15) is 0 Å². The van der Waals surface area contributed by atoms with Crippen LogP contribution >= 0.6 is 0 Å². The van der Waals surface area contributed by atoms with Gasteiger partial charge in [0.1, 0.15) is 11.5 Å². The minimum atomic E-state index is -0.0900. The van der Waals surface area contributed by atoms with Gasteiger partial charge in [-0.25, -0.2) is 4.68 Å². The summed E-state index contributed by atoms with van der Waals surface area (Å²) in [6.07, 6.45) is 0. The number of ketones is 1. The summed E-state index contributed by atoms with van der Waals surface area (Å²) in [6, 6.07) is 17.1. The molecule has 0 spiro atoms. The van der Waals surface area contributed by atoms with Crippen LogP contribution in [0.3, 0.4) is 0 Å². The fourth-order valence-corrected chi connectivity index (χ4v) is 2.18. The van der Waals surface area contributed by atoms with Crippen molar-refractivity contribution in [3.63, 3.8) is 0 Å². The van der Waals surface area contributed by atoms with Crippen molar-refractivity contribution in [3.8, 4) is 17.2 Å². The number of aromatic nitrogens is 3. The smallest absolute Gasteiger partial charge is 0.181 e. The molecule has 5 nitrogen and oxygen atoms in total. The maximum absolute atomic E-state index is 11.4. The maximum atomic E-state index is 11.4. The minimum absolute atomic E-state index is 0.0900. The van der Waals surface area contributed by atoms with Gasteiger partial charge in [-0.3, -0.25) is 4.79 Å². The third kappa shape index (κ3) is 2.74. The predicted octanol–water partition coefficient (Wildman–Crippen LogP) is 3.57. The molecule has 5 heteroatoms. The van der Waals surface area contributed by atoms with Crippen molar-refractivity contribution < 1.29 is 9.53 Å². The van der Waals surface area contributed by atoms with E-state index < -0.39 is 0 Å². The third-order valence-electron chi connectivity index (χ3n) is 3.29.